The van der Waals surface area contributed by atoms with Gasteiger partial charge in [-0.05, 0) is 6.92 Å². The summed E-state index contributed by atoms with van der Waals surface area (Å²) in [7, 11) is 0. The molecular formula is C8H12N4O4. The molecule has 1 heterocycles. The van der Waals surface area contributed by atoms with Gasteiger partial charge in [0.15, 0.2) is 0 Å². The van der Waals surface area contributed by atoms with Crippen LogP contribution in [0.3, 0.4) is 0 Å². The quantitative estimate of drug-likeness (QED) is 0.528. The highest BCUT2D eigenvalue weighted by Crippen LogP contribution is 2.30. The molecule has 1 aromatic rings. The van der Waals surface area contributed by atoms with Crippen molar-refractivity contribution in [3.05, 3.63) is 16.4 Å². The molecule has 0 aliphatic heterocycles. The van der Waals surface area contributed by atoms with Crippen molar-refractivity contribution in [2.45, 2.75) is 6.92 Å². The van der Waals surface area contributed by atoms with Crippen LogP contribution in [-0.4, -0.2) is 39.8 Å². The van der Waals surface area contributed by atoms with Crippen molar-refractivity contribution in [1.29, 1.82) is 0 Å². The predicted octanol–water partition coefficient (Wildman–Crippen LogP) is 0.188. The van der Waals surface area contributed by atoms with Crippen LogP contribution in [-0.2, 0) is 0 Å². The van der Waals surface area contributed by atoms with Gasteiger partial charge in [-0.1, -0.05) is 0 Å². The highest BCUT2D eigenvalue weighted by Gasteiger charge is 2.23. The number of anilines is 1. The molecule has 0 spiro atoms. The van der Waals surface area contributed by atoms with Crippen molar-refractivity contribution in [3.63, 3.8) is 0 Å². The van der Waals surface area contributed by atoms with Crippen molar-refractivity contribution in [1.82, 2.24) is 9.97 Å². The Hall–Kier alpha value is -1.96. The molecule has 0 aliphatic rings. The van der Waals surface area contributed by atoms with E-state index in [0.29, 0.717) is 6.54 Å². The van der Waals surface area contributed by atoms with Gasteiger partial charge in [0, 0.05) is 6.54 Å². The molecule has 0 aromatic carbocycles. The molecule has 0 amide bonds. The van der Waals surface area contributed by atoms with Crippen molar-refractivity contribution in [2.75, 3.05) is 25.1 Å². The third-order valence-electron chi connectivity index (χ3n) is 1.65. The molecule has 8 nitrogen and oxygen atoms in total. The molecule has 0 fully saturated rings. The first-order valence-electron chi connectivity index (χ1n) is 4.67. The van der Waals surface area contributed by atoms with Gasteiger partial charge >= 0.3 is 5.69 Å². The zero-order valence-corrected chi connectivity index (χ0v) is 8.71. The number of nitrogens with one attached hydrogen (secondary N) is 1. The van der Waals surface area contributed by atoms with E-state index in [2.05, 4.69) is 15.3 Å². The van der Waals surface area contributed by atoms with Gasteiger partial charge in [0.1, 0.15) is 12.9 Å². The monoisotopic (exact) mass is 228 g/mol. The van der Waals surface area contributed by atoms with Gasteiger partial charge in [-0.25, -0.2) is 4.98 Å². The average Bonchev–Trinajstić information content (AvgIpc) is 2.26. The first-order valence-corrected chi connectivity index (χ1v) is 4.67. The van der Waals surface area contributed by atoms with E-state index in [4.69, 9.17) is 9.84 Å². The lowest BCUT2D eigenvalue weighted by Crippen LogP contribution is -2.09. The van der Waals surface area contributed by atoms with Crippen LogP contribution in [0.4, 0.5) is 11.5 Å². The zero-order chi connectivity index (χ0) is 12.0. The summed E-state index contributed by atoms with van der Waals surface area (Å²) >= 11 is 0. The van der Waals surface area contributed by atoms with Gasteiger partial charge in [0.05, 0.1) is 11.5 Å². The molecule has 0 atom stereocenters. The molecule has 0 radical (unpaired) electrons. The van der Waals surface area contributed by atoms with Crippen LogP contribution in [0.2, 0.25) is 0 Å². The number of hydrogen-bond acceptors (Lipinski definition) is 7. The van der Waals surface area contributed by atoms with Gasteiger partial charge in [0.2, 0.25) is 5.82 Å². The molecule has 0 saturated carbocycles. The van der Waals surface area contributed by atoms with E-state index < -0.39 is 4.92 Å². The Morgan fingerprint density at radius 1 is 1.62 bits per heavy atom. The lowest BCUT2D eigenvalue weighted by atomic mass is 10.4. The first-order chi connectivity index (χ1) is 7.70. The van der Waals surface area contributed by atoms with E-state index in [1.54, 1.807) is 6.92 Å². The predicted molar refractivity (Wildman–Crippen MR) is 55.4 cm³/mol. The molecule has 0 saturated heterocycles. The maximum Gasteiger partial charge on any atom is 0.372 e. The molecule has 0 bridgehead atoms. The second-order valence-electron chi connectivity index (χ2n) is 2.74. The minimum absolute atomic E-state index is 0.0522. The molecule has 1 aromatic heterocycles. The second kappa shape index (κ2) is 5.81. The van der Waals surface area contributed by atoms with E-state index >= 15 is 0 Å². The fourth-order valence-electron chi connectivity index (χ4n) is 1.07. The molecular weight excluding hydrogens is 216 g/mol. The molecule has 0 unspecified atom stereocenters. The van der Waals surface area contributed by atoms with E-state index in [1.807, 2.05) is 0 Å². The second-order valence-corrected chi connectivity index (χ2v) is 2.74. The summed E-state index contributed by atoms with van der Waals surface area (Å²) in [5, 5.41) is 22.1. The summed E-state index contributed by atoms with van der Waals surface area (Å²) in [6.07, 6.45) is 1.16. The van der Waals surface area contributed by atoms with Crippen LogP contribution in [0.5, 0.6) is 5.88 Å². The highest BCUT2D eigenvalue weighted by atomic mass is 16.6. The van der Waals surface area contributed by atoms with E-state index in [9.17, 15) is 10.1 Å². The van der Waals surface area contributed by atoms with E-state index in [1.165, 1.54) is 0 Å². The minimum atomic E-state index is -0.620. The smallest absolute Gasteiger partial charge is 0.372 e. The topological polar surface area (TPSA) is 110 Å². The molecule has 88 valence electrons. The van der Waals surface area contributed by atoms with E-state index in [0.717, 1.165) is 6.33 Å². The van der Waals surface area contributed by atoms with Crippen LogP contribution in [0.1, 0.15) is 6.92 Å². The molecule has 0 aliphatic carbocycles. The van der Waals surface area contributed by atoms with Crippen LogP contribution >= 0.6 is 0 Å². The van der Waals surface area contributed by atoms with Crippen LogP contribution in [0, 0.1) is 10.1 Å². The Balaban J connectivity index is 3.05. The maximum absolute atomic E-state index is 10.8. The number of ether oxygens (including phenoxy) is 1. The van der Waals surface area contributed by atoms with Crippen molar-refractivity contribution in [3.8, 4) is 5.88 Å². The molecule has 8 heteroatoms. The van der Waals surface area contributed by atoms with Crippen molar-refractivity contribution < 1.29 is 14.8 Å². The van der Waals surface area contributed by atoms with Gasteiger partial charge in [-0.3, -0.25) is 10.1 Å². The summed E-state index contributed by atoms with van der Waals surface area (Å²) in [4.78, 5) is 17.6. The summed E-state index contributed by atoms with van der Waals surface area (Å²) in [6, 6.07) is 0. The number of nitrogens with zero attached hydrogens (tertiary/aromatic N) is 3. The van der Waals surface area contributed by atoms with Gasteiger partial charge < -0.3 is 15.2 Å². The van der Waals surface area contributed by atoms with Gasteiger partial charge in [0.25, 0.3) is 5.88 Å². The van der Waals surface area contributed by atoms with Crippen LogP contribution in [0.15, 0.2) is 6.33 Å². The van der Waals surface area contributed by atoms with Crippen LogP contribution < -0.4 is 10.1 Å². The summed E-state index contributed by atoms with van der Waals surface area (Å²) in [5.74, 6) is -0.0413. The highest BCUT2D eigenvalue weighted by molar-refractivity contribution is 5.60. The van der Waals surface area contributed by atoms with Crippen molar-refractivity contribution >= 4 is 11.5 Å². The van der Waals surface area contributed by atoms with Gasteiger partial charge in [-0.15, -0.1) is 0 Å². The summed E-state index contributed by atoms with van der Waals surface area (Å²) in [5.41, 5.74) is -0.321. The minimum Gasteiger partial charge on any atom is -0.470 e. The lowest BCUT2D eigenvalue weighted by molar-refractivity contribution is -0.385. The number of aliphatic hydroxyl groups excluding tert-OH is 1. The Morgan fingerprint density at radius 3 is 2.94 bits per heavy atom. The Bertz CT molecular complexity index is 371. The van der Waals surface area contributed by atoms with Gasteiger partial charge in [-0.2, -0.15) is 4.98 Å². The SMILES string of the molecule is CCNc1ncnc(OCCO)c1[N+](=O)[O-]. The standard InChI is InChI=1S/C8H12N4O4/c1-2-9-7-6(12(14)15)8(11-5-10-7)16-4-3-13/h5,13H,2-4H2,1H3,(H,9,10,11). The third kappa shape index (κ3) is 2.76. The lowest BCUT2D eigenvalue weighted by Gasteiger charge is -2.07. The van der Waals surface area contributed by atoms with Crippen LogP contribution in [0.25, 0.3) is 0 Å². The average molecular weight is 228 g/mol. The molecule has 16 heavy (non-hydrogen) atoms. The van der Waals surface area contributed by atoms with E-state index in [-0.39, 0.29) is 30.6 Å². The number of rotatable bonds is 6. The molecule has 1 rings (SSSR count). The number of nitro groups is 1. The summed E-state index contributed by atoms with van der Waals surface area (Å²) < 4.78 is 4.95. The maximum atomic E-state index is 10.8. The normalized spacial score (nSPS) is 9.88. The summed E-state index contributed by atoms with van der Waals surface area (Å²) in [6.45, 7) is 2.00. The van der Waals surface area contributed by atoms with Crippen molar-refractivity contribution in [2.24, 2.45) is 0 Å². The Morgan fingerprint density at radius 2 is 2.38 bits per heavy atom. The number of aromatic nitrogens is 2. The number of hydrogen-bond donors (Lipinski definition) is 2. The first kappa shape index (κ1) is 12.1. The fourth-order valence-corrected chi connectivity index (χ4v) is 1.07. The molecule has 2 N–H and O–H groups in total. The third-order valence-corrected chi connectivity index (χ3v) is 1.65. The zero-order valence-electron chi connectivity index (χ0n) is 8.71. The fraction of sp³-hybridized carbons (Fsp3) is 0.500. The Kier molecular flexibility index (Phi) is 4.40. The Labute approximate surface area is 91.4 Å². The largest absolute Gasteiger partial charge is 0.470 e. The number of aliphatic hydroxyl groups is 1.